The first-order chi connectivity index (χ1) is 17.0. The highest BCUT2D eigenvalue weighted by molar-refractivity contribution is 5.83. The molecule has 3 aromatic rings. The lowest BCUT2D eigenvalue weighted by Crippen LogP contribution is -2.33. The van der Waals surface area contributed by atoms with Crippen molar-refractivity contribution in [1.82, 2.24) is 19.5 Å². The van der Waals surface area contributed by atoms with Crippen molar-refractivity contribution in [2.45, 2.75) is 55.9 Å². The lowest BCUT2D eigenvalue weighted by atomic mass is 10.1. The fourth-order valence-corrected chi connectivity index (χ4v) is 4.40. The maximum absolute atomic E-state index is 10.5. The van der Waals surface area contributed by atoms with E-state index >= 15 is 0 Å². The number of nitrogens with zero attached hydrogens (tertiary/aromatic N) is 4. The Morgan fingerprint density at radius 3 is 2.66 bits per heavy atom. The van der Waals surface area contributed by atoms with E-state index in [1.54, 1.807) is 0 Å². The molecule has 2 fully saturated rings. The second-order valence-electron chi connectivity index (χ2n) is 8.66. The number of ether oxygens (including phenoxy) is 2. The first kappa shape index (κ1) is 23.5. The van der Waals surface area contributed by atoms with Gasteiger partial charge < -0.3 is 35.2 Å². The van der Waals surface area contributed by atoms with Gasteiger partial charge in [0, 0.05) is 6.04 Å². The smallest absolute Gasteiger partial charge is 0.209 e. The van der Waals surface area contributed by atoms with E-state index in [1.807, 2.05) is 30.3 Å². The molecule has 5 rings (SSSR count). The molecule has 1 saturated carbocycles. The molecule has 2 aromatic heterocycles. The van der Waals surface area contributed by atoms with Gasteiger partial charge in [-0.15, -0.1) is 0 Å². The zero-order valence-corrected chi connectivity index (χ0v) is 18.9. The standard InChI is InChI=1S/C24H27N5O6/c30-12-17-20(32)21(33)24(35-17)29-13-25-19-22(26-14-8-9-15(31)11-14)27-18(28-23(19)29)7-4-10-34-16-5-2-1-3-6-16/h1-3,5-6,13-15,17,20-21,24,30-33H,8-12H2,(H,26,27,28)/t14?,15?,17-,20-,21-,24-/m1/s1. The Kier molecular flexibility index (Phi) is 6.81. The van der Waals surface area contributed by atoms with E-state index in [1.165, 1.54) is 10.9 Å². The average Bonchev–Trinajstić information content (AvgIpc) is 3.55. The molecule has 6 atom stereocenters. The Labute approximate surface area is 201 Å². The van der Waals surface area contributed by atoms with Crippen molar-refractivity contribution in [2.75, 3.05) is 18.5 Å². The molecule has 11 nitrogen and oxygen atoms in total. The van der Waals surface area contributed by atoms with Gasteiger partial charge in [0.05, 0.1) is 19.0 Å². The summed E-state index contributed by atoms with van der Waals surface area (Å²) in [6.07, 6.45) is -1.30. The van der Waals surface area contributed by atoms with Crippen molar-refractivity contribution >= 4 is 17.0 Å². The highest BCUT2D eigenvalue weighted by atomic mass is 16.6. The van der Waals surface area contributed by atoms with E-state index in [4.69, 9.17) is 9.47 Å². The second-order valence-corrected chi connectivity index (χ2v) is 8.66. The number of hydrogen-bond acceptors (Lipinski definition) is 10. The maximum Gasteiger partial charge on any atom is 0.209 e. The second kappa shape index (κ2) is 10.2. The van der Waals surface area contributed by atoms with Crippen LogP contribution in [0.4, 0.5) is 5.82 Å². The van der Waals surface area contributed by atoms with Crippen LogP contribution >= 0.6 is 0 Å². The lowest BCUT2D eigenvalue weighted by Gasteiger charge is -2.17. The number of imidazole rings is 1. The molecular formula is C24H27N5O6. The van der Waals surface area contributed by atoms with E-state index < -0.39 is 31.1 Å². The summed E-state index contributed by atoms with van der Waals surface area (Å²) in [6.45, 7) is -0.303. The normalized spacial score (nSPS) is 28.1. The van der Waals surface area contributed by atoms with Gasteiger partial charge in [-0.3, -0.25) is 4.57 Å². The van der Waals surface area contributed by atoms with E-state index in [2.05, 4.69) is 32.1 Å². The first-order valence-corrected chi connectivity index (χ1v) is 11.5. The molecule has 1 aromatic carbocycles. The number of rotatable bonds is 6. The van der Waals surface area contributed by atoms with Crippen LogP contribution in [-0.2, 0) is 4.74 Å². The minimum absolute atomic E-state index is 0.0179. The van der Waals surface area contributed by atoms with Crippen molar-refractivity contribution in [3.05, 3.63) is 42.5 Å². The van der Waals surface area contributed by atoms with Gasteiger partial charge in [0.25, 0.3) is 0 Å². The van der Waals surface area contributed by atoms with Gasteiger partial charge >= 0.3 is 0 Å². The van der Waals surface area contributed by atoms with Crippen molar-refractivity contribution < 1.29 is 29.9 Å². The highest BCUT2D eigenvalue weighted by Crippen LogP contribution is 2.33. The summed E-state index contributed by atoms with van der Waals surface area (Å²) in [5, 5.41) is 43.4. The van der Waals surface area contributed by atoms with Crippen LogP contribution in [0.1, 0.15) is 31.3 Å². The predicted molar refractivity (Wildman–Crippen MR) is 124 cm³/mol. The summed E-state index contributed by atoms with van der Waals surface area (Å²) < 4.78 is 12.8. The fourth-order valence-electron chi connectivity index (χ4n) is 4.40. The molecule has 1 aliphatic heterocycles. The SMILES string of the molecule is OC[C@H]1O[C@@H](n2cnc3c(NC4CCC(O)C4)nc(C#CCOc4ccccc4)nc32)[C@H](O)[C@@H]1O. The first-order valence-electron chi connectivity index (χ1n) is 11.5. The van der Waals surface area contributed by atoms with Crippen molar-refractivity contribution in [2.24, 2.45) is 0 Å². The quantitative estimate of drug-likeness (QED) is 0.308. The monoisotopic (exact) mass is 481 g/mol. The maximum atomic E-state index is 10.5. The van der Waals surface area contributed by atoms with Crippen LogP contribution in [0, 0.1) is 11.8 Å². The van der Waals surface area contributed by atoms with Crippen LogP contribution in [0.5, 0.6) is 5.75 Å². The van der Waals surface area contributed by atoms with Crippen molar-refractivity contribution in [3.8, 4) is 17.6 Å². The zero-order valence-electron chi connectivity index (χ0n) is 18.9. The Bertz CT molecular complexity index is 1230. The molecule has 2 aliphatic rings. The molecule has 0 amide bonds. The van der Waals surface area contributed by atoms with Crippen LogP contribution in [0.25, 0.3) is 11.2 Å². The molecule has 184 valence electrons. The summed E-state index contributed by atoms with van der Waals surface area (Å²) in [7, 11) is 0. The molecule has 1 saturated heterocycles. The van der Waals surface area contributed by atoms with Crippen LogP contribution in [0.3, 0.4) is 0 Å². The summed E-state index contributed by atoms with van der Waals surface area (Å²) >= 11 is 0. The number of aliphatic hydroxyl groups excluding tert-OH is 4. The van der Waals surface area contributed by atoms with Gasteiger partial charge in [0.15, 0.2) is 23.2 Å². The lowest BCUT2D eigenvalue weighted by molar-refractivity contribution is -0.0511. The minimum Gasteiger partial charge on any atom is -0.481 e. The van der Waals surface area contributed by atoms with Crippen molar-refractivity contribution in [3.63, 3.8) is 0 Å². The summed E-state index contributed by atoms with van der Waals surface area (Å²) in [4.78, 5) is 13.5. The molecule has 11 heteroatoms. The van der Waals surface area contributed by atoms with Gasteiger partial charge in [-0.05, 0) is 37.3 Å². The summed E-state index contributed by atoms with van der Waals surface area (Å²) in [5.41, 5.74) is 0.791. The third-order valence-electron chi connectivity index (χ3n) is 6.21. The van der Waals surface area contributed by atoms with Gasteiger partial charge in [0.1, 0.15) is 30.7 Å². The fraction of sp³-hybridized carbons (Fsp3) is 0.458. The zero-order chi connectivity index (χ0) is 24.4. The number of benzene rings is 1. The number of anilines is 1. The van der Waals surface area contributed by atoms with E-state index in [0.717, 1.165) is 6.42 Å². The molecule has 2 unspecified atom stereocenters. The third kappa shape index (κ3) is 4.93. The molecule has 0 radical (unpaired) electrons. The highest BCUT2D eigenvalue weighted by Gasteiger charge is 2.44. The Morgan fingerprint density at radius 1 is 1.11 bits per heavy atom. The molecular weight excluding hydrogens is 454 g/mol. The van der Waals surface area contributed by atoms with E-state index in [0.29, 0.717) is 35.6 Å². The number of fused-ring (bicyclic) bond motifs is 1. The van der Waals surface area contributed by atoms with Crippen LogP contribution < -0.4 is 10.1 Å². The third-order valence-corrected chi connectivity index (χ3v) is 6.21. The average molecular weight is 482 g/mol. The van der Waals surface area contributed by atoms with E-state index in [9.17, 15) is 20.4 Å². The molecule has 0 spiro atoms. The Morgan fingerprint density at radius 2 is 1.94 bits per heavy atom. The summed E-state index contributed by atoms with van der Waals surface area (Å²) in [5.74, 6) is 7.18. The number of para-hydroxylation sites is 1. The predicted octanol–water partition coefficient (Wildman–Crippen LogP) is 0.194. The number of aliphatic hydroxyl groups is 4. The number of aromatic nitrogens is 4. The van der Waals surface area contributed by atoms with Gasteiger partial charge in [-0.2, -0.15) is 0 Å². The van der Waals surface area contributed by atoms with Gasteiger partial charge in [-0.1, -0.05) is 24.1 Å². The van der Waals surface area contributed by atoms with Gasteiger partial charge in [-0.25, -0.2) is 15.0 Å². The molecule has 1 aliphatic carbocycles. The van der Waals surface area contributed by atoms with Crippen LogP contribution in [0.2, 0.25) is 0 Å². The number of hydrogen-bond donors (Lipinski definition) is 5. The van der Waals surface area contributed by atoms with Crippen LogP contribution in [0.15, 0.2) is 36.7 Å². The largest absolute Gasteiger partial charge is 0.481 e. The van der Waals surface area contributed by atoms with E-state index in [-0.39, 0.29) is 24.6 Å². The Balaban J connectivity index is 1.46. The van der Waals surface area contributed by atoms with Crippen LogP contribution in [-0.4, -0.2) is 83.6 Å². The minimum atomic E-state index is -1.28. The summed E-state index contributed by atoms with van der Waals surface area (Å²) in [6, 6.07) is 9.33. The van der Waals surface area contributed by atoms with Crippen molar-refractivity contribution in [1.29, 1.82) is 0 Å². The molecule has 3 heterocycles. The molecule has 35 heavy (non-hydrogen) atoms. The number of nitrogens with one attached hydrogen (secondary N) is 1. The Hall–Kier alpha value is -3.27. The molecule has 5 N–H and O–H groups in total. The molecule has 0 bridgehead atoms. The topological polar surface area (TPSA) is 155 Å². The van der Waals surface area contributed by atoms with Gasteiger partial charge in [0.2, 0.25) is 5.82 Å².